The predicted octanol–water partition coefficient (Wildman–Crippen LogP) is 2.27. The van der Waals surface area contributed by atoms with E-state index in [2.05, 4.69) is 5.32 Å². The zero-order valence-electron chi connectivity index (χ0n) is 17.6. The van der Waals surface area contributed by atoms with Crippen LogP contribution in [-0.4, -0.2) is 53.9 Å². The van der Waals surface area contributed by atoms with Gasteiger partial charge >= 0.3 is 6.03 Å². The highest BCUT2D eigenvalue weighted by molar-refractivity contribution is 6.09. The SMILES string of the molecule is CCN(Cc1ccccc1)C(=O)CN1C(=O)N[C@@](C)(c2ccc3c(c2)OCCO3)C1=O. The molecule has 2 aromatic carbocycles. The van der Waals surface area contributed by atoms with Crippen LogP contribution in [0.4, 0.5) is 4.79 Å². The predicted molar refractivity (Wildman–Crippen MR) is 113 cm³/mol. The zero-order chi connectivity index (χ0) is 22.0. The summed E-state index contributed by atoms with van der Waals surface area (Å²) in [6.07, 6.45) is 0. The van der Waals surface area contributed by atoms with Gasteiger partial charge < -0.3 is 19.7 Å². The van der Waals surface area contributed by atoms with Gasteiger partial charge in [0.1, 0.15) is 25.3 Å². The Morgan fingerprint density at radius 1 is 1.10 bits per heavy atom. The van der Waals surface area contributed by atoms with Crippen LogP contribution in [0.25, 0.3) is 0 Å². The lowest BCUT2D eigenvalue weighted by molar-refractivity contribution is -0.139. The van der Waals surface area contributed by atoms with E-state index < -0.39 is 17.5 Å². The van der Waals surface area contributed by atoms with Gasteiger partial charge in [-0.15, -0.1) is 0 Å². The Hall–Kier alpha value is -3.55. The number of nitrogens with zero attached hydrogens (tertiary/aromatic N) is 2. The zero-order valence-corrected chi connectivity index (χ0v) is 17.6. The van der Waals surface area contributed by atoms with Crippen molar-refractivity contribution in [3.8, 4) is 11.5 Å². The summed E-state index contributed by atoms with van der Waals surface area (Å²) in [5.41, 5.74) is 0.265. The molecule has 0 aliphatic carbocycles. The van der Waals surface area contributed by atoms with Crippen molar-refractivity contribution in [1.29, 1.82) is 0 Å². The number of imide groups is 1. The number of nitrogens with one attached hydrogen (secondary N) is 1. The van der Waals surface area contributed by atoms with E-state index in [4.69, 9.17) is 9.47 Å². The number of hydrogen-bond donors (Lipinski definition) is 1. The van der Waals surface area contributed by atoms with Crippen LogP contribution in [0.5, 0.6) is 11.5 Å². The summed E-state index contributed by atoms with van der Waals surface area (Å²) in [6.45, 7) is 4.95. The first-order chi connectivity index (χ1) is 14.9. The summed E-state index contributed by atoms with van der Waals surface area (Å²) < 4.78 is 11.1. The normalized spacial score (nSPS) is 19.9. The molecule has 4 amide bonds. The average molecular weight is 423 g/mol. The van der Waals surface area contributed by atoms with E-state index in [1.54, 1.807) is 30.0 Å². The third-order valence-electron chi connectivity index (χ3n) is 5.64. The van der Waals surface area contributed by atoms with Gasteiger partial charge in [-0.05, 0) is 37.1 Å². The van der Waals surface area contributed by atoms with Crippen LogP contribution in [0.3, 0.4) is 0 Å². The third kappa shape index (κ3) is 3.93. The van der Waals surface area contributed by atoms with Gasteiger partial charge in [-0.25, -0.2) is 4.79 Å². The molecule has 1 fully saturated rings. The molecule has 0 unspecified atom stereocenters. The van der Waals surface area contributed by atoms with Crippen molar-refractivity contribution < 1.29 is 23.9 Å². The van der Waals surface area contributed by atoms with E-state index in [1.807, 2.05) is 37.3 Å². The first-order valence-corrected chi connectivity index (χ1v) is 10.3. The Labute approximate surface area is 180 Å². The number of fused-ring (bicyclic) bond motifs is 1. The van der Waals surface area contributed by atoms with Crippen molar-refractivity contribution in [3.63, 3.8) is 0 Å². The molecule has 1 saturated heterocycles. The summed E-state index contributed by atoms with van der Waals surface area (Å²) in [6, 6.07) is 14.1. The first-order valence-electron chi connectivity index (χ1n) is 10.3. The summed E-state index contributed by atoms with van der Waals surface area (Å²) in [5, 5.41) is 2.74. The fourth-order valence-electron chi connectivity index (χ4n) is 3.81. The van der Waals surface area contributed by atoms with E-state index in [0.29, 0.717) is 43.4 Å². The van der Waals surface area contributed by atoms with Crippen molar-refractivity contribution in [3.05, 3.63) is 59.7 Å². The smallest absolute Gasteiger partial charge is 0.325 e. The molecule has 2 aromatic rings. The number of amides is 4. The number of rotatable bonds is 6. The van der Waals surface area contributed by atoms with Crippen LogP contribution in [-0.2, 0) is 21.7 Å². The number of likely N-dealkylation sites (N-methyl/N-ethyl adjacent to an activating group) is 1. The molecule has 2 aliphatic rings. The van der Waals surface area contributed by atoms with Gasteiger partial charge in [-0.3, -0.25) is 14.5 Å². The van der Waals surface area contributed by atoms with Crippen molar-refractivity contribution in [2.24, 2.45) is 0 Å². The molecule has 1 N–H and O–H groups in total. The number of ether oxygens (including phenoxy) is 2. The number of carbonyl (C=O) groups is 3. The van der Waals surface area contributed by atoms with Crippen LogP contribution in [0.15, 0.2) is 48.5 Å². The first kappa shape index (κ1) is 20.7. The molecule has 0 bridgehead atoms. The van der Waals surface area contributed by atoms with Gasteiger partial charge in [0.2, 0.25) is 5.91 Å². The largest absolute Gasteiger partial charge is 0.486 e. The van der Waals surface area contributed by atoms with Gasteiger partial charge in [-0.2, -0.15) is 0 Å². The second kappa shape index (κ2) is 8.29. The van der Waals surface area contributed by atoms with Crippen molar-refractivity contribution >= 4 is 17.8 Å². The van der Waals surface area contributed by atoms with Gasteiger partial charge in [0.15, 0.2) is 11.5 Å². The Balaban J connectivity index is 1.50. The van der Waals surface area contributed by atoms with Crippen molar-refractivity contribution in [1.82, 2.24) is 15.1 Å². The molecule has 8 heteroatoms. The van der Waals surface area contributed by atoms with Crippen LogP contribution in [0.1, 0.15) is 25.0 Å². The monoisotopic (exact) mass is 423 g/mol. The molecule has 8 nitrogen and oxygen atoms in total. The summed E-state index contributed by atoms with van der Waals surface area (Å²) in [5.74, 6) is 0.364. The molecule has 0 radical (unpaired) electrons. The Bertz CT molecular complexity index is 1010. The van der Waals surface area contributed by atoms with Crippen LogP contribution in [0, 0.1) is 0 Å². The van der Waals surface area contributed by atoms with Gasteiger partial charge in [0.25, 0.3) is 5.91 Å². The lowest BCUT2D eigenvalue weighted by Gasteiger charge is -2.26. The van der Waals surface area contributed by atoms with E-state index >= 15 is 0 Å². The van der Waals surface area contributed by atoms with E-state index in [1.165, 1.54) is 0 Å². The summed E-state index contributed by atoms with van der Waals surface area (Å²) in [4.78, 5) is 41.3. The standard InChI is InChI=1S/C23H25N3O5/c1-3-25(14-16-7-5-4-6-8-16)20(27)15-26-21(28)23(2,24-22(26)29)17-9-10-18-19(13-17)31-12-11-30-18/h4-10,13H,3,11-12,14-15H2,1-2H3,(H,24,29)/t23-/m0/s1. The number of urea groups is 1. The van der Waals surface area contributed by atoms with E-state index in [0.717, 1.165) is 10.5 Å². The molecular formula is C23H25N3O5. The van der Waals surface area contributed by atoms with Crippen LogP contribution in [0.2, 0.25) is 0 Å². The minimum Gasteiger partial charge on any atom is -0.486 e. The summed E-state index contributed by atoms with van der Waals surface area (Å²) in [7, 11) is 0. The maximum atomic E-state index is 13.2. The average Bonchev–Trinajstić information content (AvgIpc) is 3.01. The highest BCUT2D eigenvalue weighted by Crippen LogP contribution is 2.36. The number of benzene rings is 2. The molecular weight excluding hydrogens is 398 g/mol. The fraction of sp³-hybridized carbons (Fsp3) is 0.348. The van der Waals surface area contributed by atoms with Gasteiger partial charge in [-0.1, -0.05) is 36.4 Å². The molecule has 1 atom stereocenters. The lowest BCUT2D eigenvalue weighted by atomic mass is 9.91. The fourth-order valence-corrected chi connectivity index (χ4v) is 3.81. The second-order valence-corrected chi connectivity index (χ2v) is 7.70. The van der Waals surface area contributed by atoms with Gasteiger partial charge in [0.05, 0.1) is 0 Å². The lowest BCUT2D eigenvalue weighted by Crippen LogP contribution is -2.44. The summed E-state index contributed by atoms with van der Waals surface area (Å²) >= 11 is 0. The van der Waals surface area contributed by atoms with E-state index in [9.17, 15) is 14.4 Å². The minimum atomic E-state index is -1.29. The van der Waals surface area contributed by atoms with E-state index in [-0.39, 0.29) is 12.5 Å². The number of carbonyl (C=O) groups excluding carboxylic acids is 3. The topological polar surface area (TPSA) is 88.2 Å². The van der Waals surface area contributed by atoms with Crippen LogP contribution >= 0.6 is 0 Å². The van der Waals surface area contributed by atoms with Crippen molar-refractivity contribution in [2.45, 2.75) is 25.9 Å². The molecule has 162 valence electrons. The maximum Gasteiger partial charge on any atom is 0.325 e. The molecule has 2 heterocycles. The molecule has 2 aliphatic heterocycles. The molecule has 0 aromatic heterocycles. The molecule has 4 rings (SSSR count). The van der Waals surface area contributed by atoms with Gasteiger partial charge in [0, 0.05) is 13.1 Å². The molecule has 0 saturated carbocycles. The van der Waals surface area contributed by atoms with Crippen LogP contribution < -0.4 is 14.8 Å². The Morgan fingerprint density at radius 3 is 2.52 bits per heavy atom. The maximum absolute atomic E-state index is 13.2. The Kier molecular flexibility index (Phi) is 5.54. The number of hydrogen-bond acceptors (Lipinski definition) is 5. The highest BCUT2D eigenvalue weighted by Gasteiger charge is 2.50. The molecule has 31 heavy (non-hydrogen) atoms. The quantitative estimate of drug-likeness (QED) is 0.720. The van der Waals surface area contributed by atoms with Crippen molar-refractivity contribution in [2.75, 3.05) is 26.3 Å². The highest BCUT2D eigenvalue weighted by atomic mass is 16.6. The minimum absolute atomic E-state index is 0.290. The Morgan fingerprint density at radius 2 is 1.81 bits per heavy atom. The second-order valence-electron chi connectivity index (χ2n) is 7.70. The molecule has 0 spiro atoms. The third-order valence-corrected chi connectivity index (χ3v) is 5.64.